The number of aromatic amines is 1. The molecular formula is C19H15F4N5O2. The summed E-state index contributed by atoms with van der Waals surface area (Å²) in [5.41, 5.74) is 0.0560. The van der Waals surface area contributed by atoms with Crippen LogP contribution in [0.3, 0.4) is 0 Å². The lowest BCUT2D eigenvalue weighted by molar-refractivity contribution is 0.0219. The van der Waals surface area contributed by atoms with Crippen LogP contribution in [0.4, 0.5) is 17.6 Å². The number of nitrogens with zero attached hydrogens (tertiary/aromatic N) is 3. The van der Waals surface area contributed by atoms with Gasteiger partial charge in [-0.25, -0.2) is 18.7 Å². The SMILES string of the molecule is Cn1c(C(F)(F)c2nc3c(F)cc(F)cc3[nH]2)nc2ccc(C(=O)NCCO)cc21. The van der Waals surface area contributed by atoms with Crippen LogP contribution >= 0.6 is 0 Å². The summed E-state index contributed by atoms with van der Waals surface area (Å²) in [5, 5.41) is 11.3. The van der Waals surface area contributed by atoms with E-state index >= 15 is 8.78 Å². The number of rotatable bonds is 5. The van der Waals surface area contributed by atoms with Gasteiger partial charge in [-0.3, -0.25) is 4.79 Å². The van der Waals surface area contributed by atoms with Crippen molar-refractivity contribution in [1.82, 2.24) is 24.8 Å². The zero-order valence-electron chi connectivity index (χ0n) is 15.5. The maximum Gasteiger partial charge on any atom is 0.361 e. The first-order chi connectivity index (χ1) is 14.2. The van der Waals surface area contributed by atoms with Crippen molar-refractivity contribution in [3.63, 3.8) is 0 Å². The molecule has 2 aromatic heterocycles. The third kappa shape index (κ3) is 3.16. The Kier molecular flexibility index (Phi) is 4.69. The molecule has 0 atom stereocenters. The Morgan fingerprint density at radius 3 is 2.73 bits per heavy atom. The number of amides is 1. The van der Waals surface area contributed by atoms with Gasteiger partial charge in [-0.15, -0.1) is 0 Å². The lowest BCUT2D eigenvalue weighted by Gasteiger charge is -2.13. The summed E-state index contributed by atoms with van der Waals surface area (Å²) >= 11 is 0. The highest BCUT2D eigenvalue weighted by Gasteiger charge is 2.42. The highest BCUT2D eigenvalue weighted by Crippen LogP contribution is 2.36. The van der Waals surface area contributed by atoms with E-state index in [1.807, 2.05) is 0 Å². The van der Waals surface area contributed by atoms with Crippen LogP contribution in [-0.4, -0.2) is 43.7 Å². The van der Waals surface area contributed by atoms with E-state index in [-0.39, 0.29) is 35.3 Å². The first kappa shape index (κ1) is 19.8. The van der Waals surface area contributed by atoms with Gasteiger partial charge in [0.1, 0.15) is 11.3 Å². The van der Waals surface area contributed by atoms with E-state index < -0.39 is 40.6 Å². The topological polar surface area (TPSA) is 95.8 Å². The first-order valence-electron chi connectivity index (χ1n) is 8.81. The molecule has 4 aromatic rings. The van der Waals surface area contributed by atoms with Gasteiger partial charge in [-0.2, -0.15) is 8.78 Å². The molecule has 2 heterocycles. The molecular weight excluding hydrogens is 406 g/mol. The number of halogens is 4. The predicted molar refractivity (Wildman–Crippen MR) is 99.1 cm³/mol. The maximum absolute atomic E-state index is 15.2. The molecule has 30 heavy (non-hydrogen) atoms. The predicted octanol–water partition coefficient (Wildman–Crippen LogP) is 2.59. The largest absolute Gasteiger partial charge is 0.395 e. The molecule has 0 aliphatic carbocycles. The first-order valence-corrected chi connectivity index (χ1v) is 8.81. The third-order valence-electron chi connectivity index (χ3n) is 4.62. The number of fused-ring (bicyclic) bond motifs is 2. The Morgan fingerprint density at radius 1 is 1.23 bits per heavy atom. The van der Waals surface area contributed by atoms with Crippen LogP contribution in [0.15, 0.2) is 30.3 Å². The third-order valence-corrected chi connectivity index (χ3v) is 4.62. The number of carbonyl (C=O) groups is 1. The normalized spacial score (nSPS) is 12.1. The molecule has 0 unspecified atom stereocenters. The Morgan fingerprint density at radius 2 is 2.00 bits per heavy atom. The molecule has 11 heteroatoms. The fraction of sp³-hybridized carbons (Fsp3) is 0.211. The second kappa shape index (κ2) is 7.10. The average Bonchev–Trinajstić information content (AvgIpc) is 3.28. The van der Waals surface area contributed by atoms with E-state index in [1.54, 1.807) is 0 Å². The van der Waals surface area contributed by atoms with Crippen molar-refractivity contribution in [2.75, 3.05) is 13.2 Å². The fourth-order valence-electron chi connectivity index (χ4n) is 3.18. The monoisotopic (exact) mass is 421 g/mol. The van der Waals surface area contributed by atoms with Gasteiger partial charge in [0.2, 0.25) is 0 Å². The van der Waals surface area contributed by atoms with Crippen molar-refractivity contribution in [1.29, 1.82) is 0 Å². The number of hydrogen-bond acceptors (Lipinski definition) is 4. The number of aliphatic hydroxyl groups excluding tert-OH is 1. The summed E-state index contributed by atoms with van der Waals surface area (Å²) in [6, 6.07) is 5.66. The lowest BCUT2D eigenvalue weighted by atomic mass is 10.2. The number of H-pyrrole nitrogens is 1. The van der Waals surface area contributed by atoms with Crippen LogP contribution < -0.4 is 5.32 Å². The minimum Gasteiger partial charge on any atom is -0.395 e. The van der Waals surface area contributed by atoms with Gasteiger partial charge in [0, 0.05) is 25.2 Å². The van der Waals surface area contributed by atoms with Crippen LogP contribution in [0.2, 0.25) is 0 Å². The van der Waals surface area contributed by atoms with Crippen LogP contribution in [0.5, 0.6) is 0 Å². The van der Waals surface area contributed by atoms with E-state index in [0.29, 0.717) is 6.07 Å². The standard InChI is InChI=1S/C19H15F4N5O2/c1-28-14-6-9(16(30)24-4-5-29)2-3-12(14)26-18(28)19(22,23)17-25-13-8-10(20)7-11(21)15(13)27-17/h2-3,6-8,29H,4-5H2,1H3,(H,24,30)(H,25,27). The van der Waals surface area contributed by atoms with Crippen LogP contribution in [0, 0.1) is 11.6 Å². The van der Waals surface area contributed by atoms with Gasteiger partial charge in [0.05, 0.1) is 23.2 Å². The zero-order chi connectivity index (χ0) is 21.6. The molecule has 0 saturated carbocycles. The van der Waals surface area contributed by atoms with Gasteiger partial charge in [0.25, 0.3) is 5.91 Å². The van der Waals surface area contributed by atoms with E-state index in [2.05, 4.69) is 20.3 Å². The number of carbonyl (C=O) groups excluding carboxylic acids is 1. The Labute approximate surface area is 166 Å². The second-order valence-corrected chi connectivity index (χ2v) is 6.62. The quantitative estimate of drug-likeness (QED) is 0.432. The summed E-state index contributed by atoms with van der Waals surface area (Å²) in [7, 11) is 1.34. The van der Waals surface area contributed by atoms with Gasteiger partial charge in [0.15, 0.2) is 17.5 Å². The minimum atomic E-state index is -3.75. The number of aliphatic hydroxyl groups is 1. The Balaban J connectivity index is 1.79. The van der Waals surface area contributed by atoms with Crippen molar-refractivity contribution in [3.05, 3.63) is 59.2 Å². The molecule has 1 amide bonds. The van der Waals surface area contributed by atoms with Crippen molar-refractivity contribution in [3.8, 4) is 0 Å². The van der Waals surface area contributed by atoms with E-state index in [4.69, 9.17) is 5.11 Å². The van der Waals surface area contributed by atoms with E-state index in [0.717, 1.165) is 10.6 Å². The van der Waals surface area contributed by atoms with Crippen LogP contribution in [0.25, 0.3) is 22.1 Å². The minimum absolute atomic E-state index is 0.0504. The molecule has 0 spiro atoms. The molecule has 0 saturated heterocycles. The van der Waals surface area contributed by atoms with Crippen LogP contribution in [-0.2, 0) is 13.0 Å². The van der Waals surface area contributed by atoms with Gasteiger partial charge in [-0.1, -0.05) is 0 Å². The summed E-state index contributed by atoms with van der Waals surface area (Å²) < 4.78 is 58.7. The molecule has 7 nitrogen and oxygen atoms in total. The fourth-order valence-corrected chi connectivity index (χ4v) is 3.18. The van der Waals surface area contributed by atoms with Crippen molar-refractivity contribution < 1.29 is 27.5 Å². The van der Waals surface area contributed by atoms with E-state index in [1.165, 1.54) is 25.2 Å². The maximum atomic E-state index is 15.2. The highest BCUT2D eigenvalue weighted by molar-refractivity contribution is 5.97. The summed E-state index contributed by atoms with van der Waals surface area (Å²) in [6.45, 7) is -0.188. The molecule has 4 rings (SSSR count). The molecule has 0 bridgehead atoms. The Hall–Kier alpha value is -3.47. The number of imidazole rings is 2. The number of benzene rings is 2. The van der Waals surface area contributed by atoms with Crippen molar-refractivity contribution >= 4 is 28.0 Å². The summed E-state index contributed by atoms with van der Waals surface area (Å²) in [4.78, 5) is 21.9. The summed E-state index contributed by atoms with van der Waals surface area (Å²) in [6.07, 6.45) is 0. The second-order valence-electron chi connectivity index (χ2n) is 6.62. The molecule has 3 N–H and O–H groups in total. The number of nitrogens with one attached hydrogen (secondary N) is 2. The molecule has 156 valence electrons. The number of aromatic nitrogens is 4. The van der Waals surface area contributed by atoms with Gasteiger partial charge in [-0.05, 0) is 24.3 Å². The molecule has 0 aliphatic rings. The number of alkyl halides is 2. The average molecular weight is 421 g/mol. The molecule has 0 fully saturated rings. The van der Waals surface area contributed by atoms with Gasteiger partial charge < -0.3 is 20.0 Å². The molecule has 2 aromatic carbocycles. The highest BCUT2D eigenvalue weighted by atomic mass is 19.3. The molecule has 0 radical (unpaired) electrons. The zero-order valence-corrected chi connectivity index (χ0v) is 15.5. The summed E-state index contributed by atoms with van der Waals surface area (Å²) in [5.74, 6) is -7.79. The lowest BCUT2D eigenvalue weighted by Crippen LogP contribution is -2.26. The van der Waals surface area contributed by atoms with Crippen molar-refractivity contribution in [2.45, 2.75) is 5.92 Å². The molecule has 0 aliphatic heterocycles. The number of aryl methyl sites for hydroxylation is 1. The Bertz CT molecular complexity index is 1280. The number of hydrogen-bond donors (Lipinski definition) is 3. The van der Waals surface area contributed by atoms with Crippen molar-refractivity contribution in [2.24, 2.45) is 7.05 Å². The van der Waals surface area contributed by atoms with Gasteiger partial charge >= 0.3 is 5.92 Å². The smallest absolute Gasteiger partial charge is 0.361 e. The van der Waals surface area contributed by atoms with E-state index in [9.17, 15) is 13.6 Å². The van der Waals surface area contributed by atoms with Crippen LogP contribution in [0.1, 0.15) is 22.0 Å².